The first kappa shape index (κ1) is 27.9. The van der Waals surface area contributed by atoms with Gasteiger partial charge in [-0.1, -0.05) is 32.0 Å². The summed E-state index contributed by atoms with van der Waals surface area (Å²) in [7, 11) is 0. The minimum Gasteiger partial charge on any atom is -0.491 e. The number of para-hydroxylation sites is 1. The van der Waals surface area contributed by atoms with Crippen molar-refractivity contribution in [2.24, 2.45) is 11.7 Å². The Bertz CT molecular complexity index is 1390. The third-order valence-electron chi connectivity index (χ3n) is 6.17. The van der Waals surface area contributed by atoms with Gasteiger partial charge in [0.1, 0.15) is 22.9 Å². The second kappa shape index (κ2) is 11.0. The number of nitrogens with zero attached hydrogens (tertiary/aromatic N) is 3. The fraction of sp³-hybridized carbons (Fsp3) is 0.414. The Hall–Kier alpha value is -4.08. The van der Waals surface area contributed by atoms with Crippen LogP contribution in [0.2, 0.25) is 0 Å². The van der Waals surface area contributed by atoms with Gasteiger partial charge in [0.25, 0.3) is 0 Å². The normalized spacial score (nSPS) is 13.3. The number of rotatable bonds is 6. The molecule has 3 amide bonds. The summed E-state index contributed by atoms with van der Waals surface area (Å²) in [5.41, 5.74) is 8.95. The highest BCUT2D eigenvalue weighted by atomic mass is 19.1. The van der Waals surface area contributed by atoms with E-state index in [-0.39, 0.29) is 12.2 Å². The highest BCUT2D eigenvalue weighted by Crippen LogP contribution is 2.38. The fourth-order valence-electron chi connectivity index (χ4n) is 4.49. The van der Waals surface area contributed by atoms with Crippen molar-refractivity contribution in [2.75, 3.05) is 18.5 Å². The molecule has 0 fully saturated rings. The van der Waals surface area contributed by atoms with Gasteiger partial charge < -0.3 is 25.4 Å². The van der Waals surface area contributed by atoms with Gasteiger partial charge in [0.2, 0.25) is 0 Å². The third kappa shape index (κ3) is 6.32. The summed E-state index contributed by atoms with van der Waals surface area (Å²) in [4.78, 5) is 25.9. The number of hydrogen-bond acceptors (Lipinski definition) is 5. The number of aryl methyl sites for hydroxylation is 1. The number of fused-ring (bicyclic) bond motifs is 1. The van der Waals surface area contributed by atoms with Crippen LogP contribution in [0.5, 0.6) is 5.75 Å². The lowest BCUT2D eigenvalue weighted by Gasteiger charge is -2.30. The first-order chi connectivity index (χ1) is 18.3. The number of carbonyl (C=O) groups excluding carboxylic acids is 2. The van der Waals surface area contributed by atoms with E-state index in [2.05, 4.69) is 19.2 Å². The highest BCUT2D eigenvalue weighted by molar-refractivity contribution is 5.88. The van der Waals surface area contributed by atoms with Crippen LogP contribution in [0.1, 0.15) is 51.4 Å². The summed E-state index contributed by atoms with van der Waals surface area (Å²) in [6, 6.07) is 9.41. The maximum Gasteiger partial charge on any atom is 0.410 e. The van der Waals surface area contributed by atoms with Gasteiger partial charge in [-0.2, -0.15) is 5.10 Å². The molecule has 2 heterocycles. The van der Waals surface area contributed by atoms with Crippen molar-refractivity contribution in [2.45, 2.75) is 60.1 Å². The van der Waals surface area contributed by atoms with Gasteiger partial charge in [-0.15, -0.1) is 0 Å². The molecular weight excluding hydrogens is 501 g/mol. The van der Waals surface area contributed by atoms with Gasteiger partial charge in [-0.25, -0.2) is 18.7 Å². The highest BCUT2D eigenvalue weighted by Gasteiger charge is 2.32. The van der Waals surface area contributed by atoms with E-state index >= 15 is 4.39 Å². The number of anilines is 1. The van der Waals surface area contributed by atoms with E-state index in [4.69, 9.17) is 20.3 Å². The van der Waals surface area contributed by atoms with Crippen molar-refractivity contribution in [3.8, 4) is 22.7 Å². The molecule has 1 aliphatic heterocycles. The summed E-state index contributed by atoms with van der Waals surface area (Å²) in [5, 5.41) is 7.26. The first-order valence-corrected chi connectivity index (χ1v) is 13.0. The van der Waals surface area contributed by atoms with Gasteiger partial charge in [0.05, 0.1) is 30.2 Å². The molecule has 3 aromatic rings. The minimum atomic E-state index is -0.857. The van der Waals surface area contributed by atoms with Crippen molar-refractivity contribution in [1.29, 1.82) is 0 Å². The molecule has 2 aromatic carbocycles. The average Bonchev–Trinajstić information content (AvgIpc) is 3.20. The maximum atomic E-state index is 15.1. The standard InChI is InChI=1S/C29H36FN5O4/c1-17(2)16-38-24-9-7-8-18(3)25(24)35-26(19-10-11-23(21(30)14-19)32-27(31)36)20-15-34(13-12-22(20)33-35)28(37)39-29(4,5)6/h7-11,14,17H,12-13,15-16H2,1-6H3,(H3,31,32,36). The first-order valence-electron chi connectivity index (χ1n) is 13.0. The van der Waals surface area contributed by atoms with E-state index in [1.165, 1.54) is 12.1 Å². The summed E-state index contributed by atoms with van der Waals surface area (Å²) >= 11 is 0. The van der Waals surface area contributed by atoms with Gasteiger partial charge in [0.15, 0.2) is 0 Å². The van der Waals surface area contributed by atoms with Gasteiger partial charge in [-0.3, -0.25) is 0 Å². The largest absolute Gasteiger partial charge is 0.491 e. The van der Waals surface area contributed by atoms with Crippen LogP contribution in [0.4, 0.5) is 19.7 Å². The number of urea groups is 1. The van der Waals surface area contributed by atoms with E-state index < -0.39 is 23.5 Å². The zero-order chi connectivity index (χ0) is 28.5. The second-order valence-corrected chi connectivity index (χ2v) is 11.1. The molecule has 1 aromatic heterocycles. The molecule has 9 nitrogen and oxygen atoms in total. The Labute approximate surface area is 228 Å². The van der Waals surface area contributed by atoms with Crippen LogP contribution in [0.25, 0.3) is 16.9 Å². The van der Waals surface area contributed by atoms with Crippen LogP contribution in [0.3, 0.4) is 0 Å². The molecule has 0 radical (unpaired) electrons. The number of ether oxygens (including phenoxy) is 2. The predicted molar refractivity (Wildman–Crippen MR) is 148 cm³/mol. The lowest BCUT2D eigenvalue weighted by Crippen LogP contribution is -2.39. The molecule has 0 spiro atoms. The smallest absolute Gasteiger partial charge is 0.410 e. The quantitative estimate of drug-likeness (QED) is 0.412. The zero-order valence-corrected chi connectivity index (χ0v) is 23.3. The van der Waals surface area contributed by atoms with Crippen LogP contribution in [-0.2, 0) is 17.7 Å². The average molecular weight is 538 g/mol. The van der Waals surface area contributed by atoms with Crippen molar-refractivity contribution in [3.63, 3.8) is 0 Å². The Morgan fingerprint density at radius 3 is 2.59 bits per heavy atom. The van der Waals surface area contributed by atoms with Crippen LogP contribution in [-0.4, -0.2) is 45.6 Å². The number of nitrogens with one attached hydrogen (secondary N) is 1. The van der Waals surface area contributed by atoms with Crippen molar-refractivity contribution in [1.82, 2.24) is 14.7 Å². The SMILES string of the molecule is Cc1cccc(OCC(C)C)c1-n1nc2c(c1-c1ccc(NC(N)=O)c(F)c1)CN(C(=O)OC(C)(C)C)CC2. The molecule has 0 aliphatic carbocycles. The van der Waals surface area contributed by atoms with Crippen LogP contribution in [0.15, 0.2) is 36.4 Å². The van der Waals surface area contributed by atoms with E-state index in [0.29, 0.717) is 42.5 Å². The van der Waals surface area contributed by atoms with Gasteiger partial charge in [-0.05, 0) is 57.4 Å². The Balaban J connectivity index is 1.87. The Morgan fingerprint density at radius 1 is 1.21 bits per heavy atom. The van der Waals surface area contributed by atoms with E-state index in [1.54, 1.807) is 15.6 Å². The van der Waals surface area contributed by atoms with Gasteiger partial charge in [0, 0.05) is 24.1 Å². The Morgan fingerprint density at radius 2 is 1.95 bits per heavy atom. The van der Waals surface area contributed by atoms with Crippen LogP contribution < -0.4 is 15.8 Å². The molecule has 4 rings (SSSR count). The number of primary amides is 1. The number of amides is 3. The van der Waals surface area contributed by atoms with Crippen molar-refractivity contribution >= 4 is 17.8 Å². The molecule has 3 N–H and O–H groups in total. The molecule has 1 aliphatic rings. The molecule has 0 atom stereocenters. The number of nitrogens with two attached hydrogens (primary N) is 1. The topological polar surface area (TPSA) is 112 Å². The monoisotopic (exact) mass is 537 g/mol. The summed E-state index contributed by atoms with van der Waals surface area (Å²) < 4.78 is 28.7. The Kier molecular flexibility index (Phi) is 7.85. The molecule has 10 heteroatoms. The van der Waals surface area contributed by atoms with Crippen LogP contribution >= 0.6 is 0 Å². The third-order valence-corrected chi connectivity index (χ3v) is 6.17. The summed E-state index contributed by atoms with van der Waals surface area (Å²) in [6.07, 6.45) is 0.0859. The lowest BCUT2D eigenvalue weighted by molar-refractivity contribution is 0.0224. The molecule has 39 heavy (non-hydrogen) atoms. The summed E-state index contributed by atoms with van der Waals surface area (Å²) in [6.45, 7) is 12.8. The molecule has 0 bridgehead atoms. The number of benzene rings is 2. The maximum absolute atomic E-state index is 15.1. The molecule has 0 saturated heterocycles. The zero-order valence-electron chi connectivity index (χ0n) is 23.3. The van der Waals surface area contributed by atoms with Gasteiger partial charge >= 0.3 is 12.1 Å². The van der Waals surface area contributed by atoms with Crippen molar-refractivity contribution in [3.05, 3.63) is 59.0 Å². The van der Waals surface area contributed by atoms with Crippen LogP contribution in [0, 0.1) is 18.7 Å². The minimum absolute atomic E-state index is 0.0292. The number of aromatic nitrogens is 2. The number of carbonyl (C=O) groups is 2. The lowest BCUT2D eigenvalue weighted by atomic mass is 10.00. The van der Waals surface area contributed by atoms with E-state index in [9.17, 15) is 9.59 Å². The molecule has 0 unspecified atom stereocenters. The molecular formula is C29H36FN5O4. The summed E-state index contributed by atoms with van der Waals surface area (Å²) in [5.74, 6) is 0.320. The van der Waals surface area contributed by atoms with Crippen molar-refractivity contribution < 1.29 is 23.5 Å². The number of halogens is 1. The van der Waals surface area contributed by atoms with E-state index in [0.717, 1.165) is 22.5 Å². The van der Waals surface area contributed by atoms with E-state index in [1.807, 2.05) is 45.9 Å². The number of hydrogen-bond donors (Lipinski definition) is 2. The fourth-order valence-corrected chi connectivity index (χ4v) is 4.49. The second-order valence-electron chi connectivity index (χ2n) is 11.1. The predicted octanol–water partition coefficient (Wildman–Crippen LogP) is 5.81. The molecule has 208 valence electrons. The molecule has 0 saturated carbocycles.